The molecule has 0 aliphatic carbocycles. The van der Waals surface area contributed by atoms with Gasteiger partial charge in [0.25, 0.3) is 0 Å². The number of halogens is 1. The zero-order valence-electron chi connectivity index (χ0n) is 13.1. The fourth-order valence-corrected chi connectivity index (χ4v) is 3.22. The van der Waals surface area contributed by atoms with Crippen molar-refractivity contribution in [1.29, 1.82) is 0 Å². The Labute approximate surface area is 139 Å². The molecule has 4 nitrogen and oxygen atoms in total. The summed E-state index contributed by atoms with van der Waals surface area (Å²) in [6, 6.07) is 13.5. The molecule has 1 aliphatic heterocycles. The molecule has 0 saturated carbocycles. The molecule has 0 spiro atoms. The van der Waals surface area contributed by atoms with Gasteiger partial charge < -0.3 is 15.8 Å². The average Bonchev–Trinajstić information content (AvgIpc) is 2.61. The minimum Gasteiger partial charge on any atom is -0.399 e. The number of nitrogens with zero attached hydrogens (tertiary/aromatic N) is 1. The lowest BCUT2D eigenvalue weighted by Gasteiger charge is -2.26. The van der Waals surface area contributed by atoms with Crippen LogP contribution in [-0.4, -0.2) is 18.1 Å². The normalized spacial score (nSPS) is 16.8. The minimum absolute atomic E-state index is 0.241. The topological polar surface area (TPSA) is 60.2 Å². The van der Waals surface area contributed by atoms with Gasteiger partial charge in [-0.3, -0.25) is 0 Å². The Morgan fingerprint density at radius 2 is 2.08 bits per heavy atom. The summed E-state index contributed by atoms with van der Waals surface area (Å²) in [4.78, 5) is 4.21. The van der Waals surface area contributed by atoms with Crippen LogP contribution in [0.25, 0.3) is 10.8 Å². The molecule has 0 radical (unpaired) electrons. The SMILES string of the molecule is Nc1ccc2c(NCC3COCc4ccccc43)ncc(F)c2c1. The molecule has 3 N–H and O–H groups in total. The predicted molar refractivity (Wildman–Crippen MR) is 93.4 cm³/mol. The van der Waals surface area contributed by atoms with E-state index in [0.717, 1.165) is 5.39 Å². The highest BCUT2D eigenvalue weighted by molar-refractivity contribution is 5.94. The molecule has 0 saturated heterocycles. The summed E-state index contributed by atoms with van der Waals surface area (Å²) < 4.78 is 19.7. The third-order valence-electron chi connectivity index (χ3n) is 4.45. The maximum atomic E-state index is 14.0. The van der Waals surface area contributed by atoms with Gasteiger partial charge in [0, 0.05) is 28.9 Å². The number of hydrogen-bond donors (Lipinski definition) is 2. The van der Waals surface area contributed by atoms with Gasteiger partial charge in [0.05, 0.1) is 19.4 Å². The molecule has 1 aliphatic rings. The monoisotopic (exact) mass is 323 g/mol. The second-order valence-electron chi connectivity index (χ2n) is 6.05. The molecule has 0 amide bonds. The lowest BCUT2D eigenvalue weighted by molar-refractivity contribution is 0.0937. The standard InChI is InChI=1S/C19H18FN3O/c20-18-9-23-19(16-6-5-14(21)7-17(16)18)22-8-13-11-24-10-12-3-1-2-4-15(12)13/h1-7,9,13H,8,10-11,21H2,(H,22,23). The van der Waals surface area contributed by atoms with Crippen LogP contribution in [0.2, 0.25) is 0 Å². The molecule has 0 bridgehead atoms. The molecule has 1 unspecified atom stereocenters. The lowest BCUT2D eigenvalue weighted by atomic mass is 9.93. The molecule has 2 aromatic carbocycles. The Morgan fingerprint density at radius 3 is 3.00 bits per heavy atom. The lowest BCUT2D eigenvalue weighted by Crippen LogP contribution is -2.23. The van der Waals surface area contributed by atoms with Crippen LogP contribution in [0.3, 0.4) is 0 Å². The van der Waals surface area contributed by atoms with E-state index in [-0.39, 0.29) is 11.7 Å². The number of hydrogen-bond acceptors (Lipinski definition) is 4. The van der Waals surface area contributed by atoms with Crippen molar-refractivity contribution in [3.8, 4) is 0 Å². The molecular formula is C19H18FN3O. The number of nitrogens with two attached hydrogens (primary N) is 1. The second kappa shape index (κ2) is 6.09. The van der Waals surface area contributed by atoms with Gasteiger partial charge in [0.2, 0.25) is 0 Å². The number of anilines is 2. The Balaban J connectivity index is 1.61. The van der Waals surface area contributed by atoms with E-state index in [1.807, 2.05) is 12.1 Å². The molecule has 5 heteroatoms. The summed E-state index contributed by atoms with van der Waals surface area (Å²) in [6.07, 6.45) is 1.23. The van der Waals surface area contributed by atoms with Crippen LogP contribution in [0, 0.1) is 5.82 Å². The molecule has 24 heavy (non-hydrogen) atoms. The van der Waals surface area contributed by atoms with Gasteiger partial charge in [-0.05, 0) is 29.3 Å². The number of nitrogens with one attached hydrogen (secondary N) is 1. The number of aromatic nitrogens is 1. The van der Waals surface area contributed by atoms with E-state index in [0.29, 0.717) is 36.6 Å². The molecule has 3 aromatic rings. The Bertz CT molecular complexity index is 897. The highest BCUT2D eigenvalue weighted by Gasteiger charge is 2.20. The van der Waals surface area contributed by atoms with Crippen LogP contribution in [-0.2, 0) is 11.3 Å². The van der Waals surface area contributed by atoms with E-state index in [1.165, 1.54) is 17.3 Å². The van der Waals surface area contributed by atoms with Gasteiger partial charge in [-0.25, -0.2) is 9.37 Å². The summed E-state index contributed by atoms with van der Waals surface area (Å²) in [7, 11) is 0. The fraction of sp³-hybridized carbons (Fsp3) is 0.211. The van der Waals surface area contributed by atoms with E-state index >= 15 is 0 Å². The number of pyridine rings is 1. The number of fused-ring (bicyclic) bond motifs is 2. The van der Waals surface area contributed by atoms with Gasteiger partial charge in [0.1, 0.15) is 11.6 Å². The third kappa shape index (κ3) is 2.67. The molecule has 122 valence electrons. The van der Waals surface area contributed by atoms with Crippen molar-refractivity contribution >= 4 is 22.3 Å². The molecule has 0 fully saturated rings. The van der Waals surface area contributed by atoms with Crippen LogP contribution < -0.4 is 11.1 Å². The van der Waals surface area contributed by atoms with Gasteiger partial charge in [-0.2, -0.15) is 0 Å². The Kier molecular flexibility index (Phi) is 3.78. The fourth-order valence-electron chi connectivity index (χ4n) is 3.22. The number of rotatable bonds is 3. The zero-order chi connectivity index (χ0) is 16.5. The maximum Gasteiger partial charge on any atom is 0.149 e. The van der Waals surface area contributed by atoms with Crippen LogP contribution in [0.5, 0.6) is 0 Å². The summed E-state index contributed by atoms with van der Waals surface area (Å²) in [6.45, 7) is 1.99. The van der Waals surface area contributed by atoms with Crippen molar-refractivity contribution in [2.24, 2.45) is 0 Å². The van der Waals surface area contributed by atoms with E-state index < -0.39 is 0 Å². The summed E-state index contributed by atoms with van der Waals surface area (Å²) >= 11 is 0. The summed E-state index contributed by atoms with van der Waals surface area (Å²) in [5.41, 5.74) is 8.82. The predicted octanol–water partition coefficient (Wildman–Crippen LogP) is 3.68. The van der Waals surface area contributed by atoms with Crippen LogP contribution in [0.4, 0.5) is 15.9 Å². The molecule has 4 rings (SSSR count). The zero-order valence-corrected chi connectivity index (χ0v) is 13.1. The molecule has 2 heterocycles. The van der Waals surface area contributed by atoms with Crippen molar-refractivity contribution in [2.45, 2.75) is 12.5 Å². The maximum absolute atomic E-state index is 14.0. The van der Waals surface area contributed by atoms with Crippen molar-refractivity contribution in [3.05, 3.63) is 65.6 Å². The van der Waals surface area contributed by atoms with Crippen molar-refractivity contribution < 1.29 is 9.13 Å². The van der Waals surface area contributed by atoms with E-state index in [4.69, 9.17) is 10.5 Å². The largest absolute Gasteiger partial charge is 0.399 e. The van der Waals surface area contributed by atoms with Crippen molar-refractivity contribution in [2.75, 3.05) is 24.2 Å². The van der Waals surface area contributed by atoms with E-state index in [9.17, 15) is 4.39 Å². The minimum atomic E-state index is -0.366. The Morgan fingerprint density at radius 1 is 1.21 bits per heavy atom. The van der Waals surface area contributed by atoms with Gasteiger partial charge in [-0.1, -0.05) is 24.3 Å². The first-order valence-corrected chi connectivity index (χ1v) is 7.95. The Hall–Kier alpha value is -2.66. The van der Waals surface area contributed by atoms with Gasteiger partial charge >= 0.3 is 0 Å². The van der Waals surface area contributed by atoms with Crippen LogP contribution in [0.15, 0.2) is 48.7 Å². The smallest absolute Gasteiger partial charge is 0.149 e. The average molecular weight is 323 g/mol. The second-order valence-corrected chi connectivity index (χ2v) is 6.05. The first-order chi connectivity index (χ1) is 11.7. The van der Waals surface area contributed by atoms with Gasteiger partial charge in [0.15, 0.2) is 0 Å². The van der Waals surface area contributed by atoms with Crippen LogP contribution in [0.1, 0.15) is 17.0 Å². The first kappa shape index (κ1) is 14.9. The van der Waals surface area contributed by atoms with Crippen molar-refractivity contribution in [1.82, 2.24) is 4.98 Å². The molecule has 1 aromatic heterocycles. The number of ether oxygens (including phenoxy) is 1. The highest BCUT2D eigenvalue weighted by atomic mass is 19.1. The first-order valence-electron chi connectivity index (χ1n) is 7.95. The quantitative estimate of drug-likeness (QED) is 0.722. The third-order valence-corrected chi connectivity index (χ3v) is 4.45. The van der Waals surface area contributed by atoms with E-state index in [2.05, 4.69) is 22.4 Å². The van der Waals surface area contributed by atoms with E-state index in [1.54, 1.807) is 18.2 Å². The van der Waals surface area contributed by atoms with Gasteiger partial charge in [-0.15, -0.1) is 0 Å². The van der Waals surface area contributed by atoms with Crippen molar-refractivity contribution in [3.63, 3.8) is 0 Å². The highest BCUT2D eigenvalue weighted by Crippen LogP contribution is 2.29. The molecule has 1 atom stereocenters. The number of benzene rings is 2. The number of nitrogen functional groups attached to an aromatic ring is 1. The summed E-state index contributed by atoms with van der Waals surface area (Å²) in [5.74, 6) is 0.536. The van der Waals surface area contributed by atoms with Crippen LogP contribution >= 0.6 is 0 Å². The molecular weight excluding hydrogens is 305 g/mol. The summed E-state index contributed by atoms with van der Waals surface area (Å²) in [5, 5.41) is 4.56.